The maximum absolute atomic E-state index is 12.7. The molecule has 0 saturated heterocycles. The van der Waals surface area contributed by atoms with E-state index in [1.165, 1.54) is 54.6 Å². The zero-order valence-corrected chi connectivity index (χ0v) is 17.0. The number of ketones is 2. The van der Waals surface area contributed by atoms with Crippen molar-refractivity contribution in [1.29, 1.82) is 0 Å². The van der Waals surface area contributed by atoms with E-state index in [4.69, 9.17) is 0 Å². The van der Waals surface area contributed by atoms with Gasteiger partial charge in [0.1, 0.15) is 6.10 Å². The molecule has 1 unspecified atom stereocenters. The molecular weight excluding hydrogens is 416 g/mol. The summed E-state index contributed by atoms with van der Waals surface area (Å²) in [6, 6.07) is 7.96. The molecule has 1 aliphatic carbocycles. The topological polar surface area (TPSA) is 156 Å². The van der Waals surface area contributed by atoms with Crippen LogP contribution in [0.4, 0.5) is 0 Å². The maximum atomic E-state index is 12.7. The Bertz CT molecular complexity index is 1090. The number of carbonyl (C=O) groups excluding carboxylic acids is 2. The summed E-state index contributed by atoms with van der Waals surface area (Å²) in [5.41, 5.74) is -1.29. The van der Waals surface area contributed by atoms with E-state index in [-0.39, 0.29) is 35.8 Å². The first kappa shape index (κ1) is 23.1. The third-order valence-electron chi connectivity index (χ3n) is 5.60. The molecule has 1 aliphatic rings. The predicted molar refractivity (Wildman–Crippen MR) is 116 cm³/mol. The standard InChI is InChI=1S/C24H24O8/c25-17(7-3-14-4-8-18(26)20(28)12-14)16-2-1-11-24(32,23(16)31)22(30)10-6-15-5-9-19(27)21(29)13-15/h3-10,12-13,16,23,26-29,31-32H,1-2,11H2/t16?,23-,24-/m1/s1. The summed E-state index contributed by atoms with van der Waals surface area (Å²) < 4.78 is 0. The van der Waals surface area contributed by atoms with E-state index in [9.17, 15) is 40.2 Å². The van der Waals surface area contributed by atoms with E-state index in [0.29, 0.717) is 17.5 Å². The summed E-state index contributed by atoms with van der Waals surface area (Å²) in [4.78, 5) is 25.3. The Balaban J connectivity index is 1.73. The minimum atomic E-state index is -2.14. The number of phenolic OH excluding ortho intramolecular Hbond substituents is 4. The van der Waals surface area contributed by atoms with Crippen molar-refractivity contribution >= 4 is 23.7 Å². The van der Waals surface area contributed by atoms with E-state index in [1.54, 1.807) is 0 Å². The Morgan fingerprint density at radius 2 is 1.38 bits per heavy atom. The van der Waals surface area contributed by atoms with Gasteiger partial charge in [0.2, 0.25) is 0 Å². The van der Waals surface area contributed by atoms with Crippen molar-refractivity contribution in [3.8, 4) is 23.0 Å². The fourth-order valence-electron chi connectivity index (χ4n) is 3.70. The van der Waals surface area contributed by atoms with E-state index in [0.717, 1.165) is 6.08 Å². The van der Waals surface area contributed by atoms with E-state index in [2.05, 4.69) is 0 Å². The van der Waals surface area contributed by atoms with Gasteiger partial charge >= 0.3 is 0 Å². The van der Waals surface area contributed by atoms with Gasteiger partial charge in [0, 0.05) is 0 Å². The van der Waals surface area contributed by atoms with Gasteiger partial charge in [-0.25, -0.2) is 0 Å². The third kappa shape index (κ3) is 4.82. The van der Waals surface area contributed by atoms with Crippen LogP contribution in [-0.4, -0.2) is 53.9 Å². The quantitative estimate of drug-likeness (QED) is 0.295. The number of carbonyl (C=O) groups is 2. The lowest BCUT2D eigenvalue weighted by molar-refractivity contribution is -0.161. The minimum Gasteiger partial charge on any atom is -0.504 e. The molecule has 0 aromatic heterocycles. The number of hydrogen-bond acceptors (Lipinski definition) is 8. The van der Waals surface area contributed by atoms with Gasteiger partial charge in [-0.1, -0.05) is 24.3 Å². The fraction of sp³-hybridized carbons (Fsp3) is 0.250. The highest BCUT2D eigenvalue weighted by atomic mass is 16.4. The Morgan fingerprint density at radius 1 is 0.844 bits per heavy atom. The summed E-state index contributed by atoms with van der Waals surface area (Å²) in [5.74, 6) is -3.57. The third-order valence-corrected chi connectivity index (χ3v) is 5.60. The monoisotopic (exact) mass is 440 g/mol. The van der Waals surface area contributed by atoms with Crippen molar-refractivity contribution in [3.05, 3.63) is 59.7 Å². The van der Waals surface area contributed by atoms with Crippen molar-refractivity contribution in [2.24, 2.45) is 5.92 Å². The molecule has 168 valence electrons. The van der Waals surface area contributed by atoms with Crippen LogP contribution < -0.4 is 0 Å². The average molecular weight is 440 g/mol. The molecule has 0 aliphatic heterocycles. The van der Waals surface area contributed by atoms with Gasteiger partial charge in [-0.2, -0.15) is 0 Å². The van der Waals surface area contributed by atoms with Crippen LogP contribution in [0.1, 0.15) is 30.4 Å². The van der Waals surface area contributed by atoms with Crippen molar-refractivity contribution in [1.82, 2.24) is 0 Å². The molecular formula is C24H24O8. The Hall–Kier alpha value is -3.62. The van der Waals surface area contributed by atoms with Crippen molar-refractivity contribution < 1.29 is 40.2 Å². The summed E-state index contributed by atoms with van der Waals surface area (Å²) in [6.07, 6.45) is 4.00. The van der Waals surface area contributed by atoms with Crippen molar-refractivity contribution in [2.45, 2.75) is 31.0 Å². The lowest BCUT2D eigenvalue weighted by Gasteiger charge is -2.39. The highest BCUT2D eigenvalue weighted by Gasteiger charge is 2.49. The zero-order chi connectivity index (χ0) is 23.5. The molecule has 1 saturated carbocycles. The Labute approximate surface area is 184 Å². The molecule has 8 nitrogen and oxygen atoms in total. The number of hydrogen-bond donors (Lipinski definition) is 6. The van der Waals surface area contributed by atoms with Crippen LogP contribution in [0.2, 0.25) is 0 Å². The number of phenols is 4. The number of aliphatic hydroxyl groups is 2. The summed E-state index contributed by atoms with van der Waals surface area (Å²) in [6.45, 7) is 0. The Morgan fingerprint density at radius 3 is 1.91 bits per heavy atom. The van der Waals surface area contributed by atoms with Gasteiger partial charge < -0.3 is 30.6 Å². The second-order valence-electron chi connectivity index (χ2n) is 7.80. The fourth-order valence-corrected chi connectivity index (χ4v) is 3.70. The molecule has 0 heterocycles. The molecule has 6 N–H and O–H groups in total. The molecule has 3 atom stereocenters. The summed E-state index contributed by atoms with van der Waals surface area (Å²) >= 11 is 0. The van der Waals surface area contributed by atoms with Gasteiger partial charge in [0.05, 0.1) is 5.92 Å². The van der Waals surface area contributed by atoms with Gasteiger partial charge in [-0.15, -0.1) is 0 Å². The number of aliphatic hydroxyl groups excluding tert-OH is 1. The van der Waals surface area contributed by atoms with Crippen LogP contribution >= 0.6 is 0 Å². The van der Waals surface area contributed by atoms with E-state index >= 15 is 0 Å². The molecule has 0 amide bonds. The number of benzene rings is 2. The highest BCUT2D eigenvalue weighted by molar-refractivity contribution is 6.02. The molecule has 1 fully saturated rings. The molecule has 0 spiro atoms. The lowest BCUT2D eigenvalue weighted by atomic mass is 9.71. The average Bonchev–Trinajstić information content (AvgIpc) is 2.76. The van der Waals surface area contributed by atoms with Crippen LogP contribution in [0.15, 0.2) is 48.6 Å². The normalized spacial score (nSPS) is 23.6. The number of aromatic hydroxyl groups is 4. The maximum Gasteiger partial charge on any atom is 0.189 e. The van der Waals surface area contributed by atoms with Crippen LogP contribution in [0.3, 0.4) is 0 Å². The highest BCUT2D eigenvalue weighted by Crippen LogP contribution is 2.35. The lowest BCUT2D eigenvalue weighted by Crippen LogP contribution is -2.56. The minimum absolute atomic E-state index is 0.0164. The molecule has 8 heteroatoms. The first-order valence-corrected chi connectivity index (χ1v) is 10.0. The molecule has 2 aromatic carbocycles. The zero-order valence-electron chi connectivity index (χ0n) is 17.0. The van der Waals surface area contributed by atoms with Gasteiger partial charge in [-0.05, 0) is 66.8 Å². The predicted octanol–water partition coefficient (Wildman–Crippen LogP) is 2.27. The van der Waals surface area contributed by atoms with Gasteiger partial charge in [0.15, 0.2) is 40.2 Å². The SMILES string of the molecule is O=C(C=Cc1ccc(O)c(O)c1)C1CCC[C@@](O)(C(=O)C=Cc2ccc(O)c(O)c2)[C@@H]1O. The largest absolute Gasteiger partial charge is 0.504 e. The van der Waals surface area contributed by atoms with Gasteiger partial charge in [0.25, 0.3) is 0 Å². The molecule has 32 heavy (non-hydrogen) atoms. The van der Waals surface area contributed by atoms with Crippen LogP contribution in [-0.2, 0) is 9.59 Å². The summed E-state index contributed by atoms with van der Waals surface area (Å²) in [5, 5.41) is 59.3. The molecule has 2 aromatic rings. The van der Waals surface area contributed by atoms with Crippen LogP contribution in [0.25, 0.3) is 12.2 Å². The second-order valence-corrected chi connectivity index (χ2v) is 7.80. The smallest absolute Gasteiger partial charge is 0.189 e. The van der Waals surface area contributed by atoms with Crippen molar-refractivity contribution in [3.63, 3.8) is 0 Å². The Kier molecular flexibility index (Phi) is 6.67. The van der Waals surface area contributed by atoms with E-state index < -0.39 is 29.2 Å². The summed E-state index contributed by atoms with van der Waals surface area (Å²) in [7, 11) is 0. The first-order valence-electron chi connectivity index (χ1n) is 10.0. The molecule has 0 radical (unpaired) electrons. The van der Waals surface area contributed by atoms with Gasteiger partial charge in [-0.3, -0.25) is 9.59 Å². The van der Waals surface area contributed by atoms with Crippen molar-refractivity contribution in [2.75, 3.05) is 0 Å². The molecule has 0 bridgehead atoms. The number of rotatable bonds is 6. The first-order chi connectivity index (χ1) is 15.1. The second kappa shape index (κ2) is 9.25. The van der Waals surface area contributed by atoms with Crippen LogP contribution in [0.5, 0.6) is 23.0 Å². The van der Waals surface area contributed by atoms with Crippen LogP contribution in [0, 0.1) is 5.92 Å². The molecule has 3 rings (SSSR count). The van der Waals surface area contributed by atoms with E-state index in [1.807, 2.05) is 0 Å². The number of allylic oxidation sites excluding steroid dienone is 1.